The number of nitrogens with zero attached hydrogens (tertiary/aromatic N) is 1. The van der Waals surface area contributed by atoms with Crippen molar-refractivity contribution >= 4 is 32.5 Å². The molecule has 1 aromatic carbocycles. The molecule has 0 unspecified atom stereocenters. The summed E-state index contributed by atoms with van der Waals surface area (Å²) in [5, 5.41) is 1.16. The van der Waals surface area contributed by atoms with Gasteiger partial charge in [-0.25, -0.2) is 18.1 Å². The van der Waals surface area contributed by atoms with Crippen molar-refractivity contribution in [3.05, 3.63) is 35.5 Å². The maximum Gasteiger partial charge on any atom is 0.240 e. The number of fused-ring (bicyclic) bond motifs is 1. The van der Waals surface area contributed by atoms with Gasteiger partial charge in [-0.3, -0.25) is 0 Å². The number of rotatable bonds is 3. The highest BCUT2D eigenvalue weighted by atomic mass is 35.5. The van der Waals surface area contributed by atoms with E-state index in [0.29, 0.717) is 10.7 Å². The first-order valence-electron chi connectivity index (χ1n) is 6.13. The Morgan fingerprint density at radius 1 is 1.21 bits per heavy atom. The minimum atomic E-state index is -3.43. The van der Waals surface area contributed by atoms with E-state index in [9.17, 15) is 8.42 Å². The van der Waals surface area contributed by atoms with Crippen molar-refractivity contribution in [2.75, 3.05) is 0 Å². The molecule has 0 aliphatic heterocycles. The van der Waals surface area contributed by atoms with Crippen molar-refractivity contribution in [1.29, 1.82) is 0 Å². The molecule has 4 nitrogen and oxygen atoms in total. The minimum absolute atomic E-state index is 0.0871. The molecular weight excluding hydrogens is 284 g/mol. The van der Waals surface area contributed by atoms with Gasteiger partial charge in [-0.1, -0.05) is 18.0 Å². The Balaban J connectivity index is 1.98. The van der Waals surface area contributed by atoms with E-state index in [2.05, 4.69) is 9.71 Å². The number of hydrogen-bond acceptors (Lipinski definition) is 3. The average Bonchev–Trinajstić information content (AvgIpc) is 2.33. The van der Waals surface area contributed by atoms with E-state index in [-0.39, 0.29) is 10.9 Å². The van der Waals surface area contributed by atoms with Gasteiger partial charge in [-0.2, -0.15) is 0 Å². The summed E-state index contributed by atoms with van der Waals surface area (Å²) in [6, 6.07) is 8.37. The Bertz CT molecular complexity index is 727. The Hall–Kier alpha value is -1.17. The highest BCUT2D eigenvalue weighted by Crippen LogP contribution is 2.23. The summed E-state index contributed by atoms with van der Waals surface area (Å²) in [7, 11) is -3.43. The molecule has 1 heterocycles. The number of halogens is 1. The molecule has 0 atom stereocenters. The van der Waals surface area contributed by atoms with E-state index >= 15 is 0 Å². The fraction of sp³-hybridized carbons (Fsp3) is 0.308. The van der Waals surface area contributed by atoms with Crippen molar-refractivity contribution in [2.45, 2.75) is 30.2 Å². The van der Waals surface area contributed by atoms with Crippen LogP contribution in [0.3, 0.4) is 0 Å². The van der Waals surface area contributed by atoms with Gasteiger partial charge in [0.1, 0.15) is 5.15 Å². The molecule has 6 heteroatoms. The fourth-order valence-corrected chi connectivity index (χ4v) is 3.55. The molecule has 1 saturated carbocycles. The van der Waals surface area contributed by atoms with Gasteiger partial charge in [0, 0.05) is 11.4 Å². The van der Waals surface area contributed by atoms with Gasteiger partial charge in [0.05, 0.1) is 10.4 Å². The van der Waals surface area contributed by atoms with E-state index in [4.69, 9.17) is 11.6 Å². The molecule has 1 aliphatic rings. The number of benzene rings is 1. The summed E-state index contributed by atoms with van der Waals surface area (Å²) >= 11 is 5.80. The van der Waals surface area contributed by atoms with Gasteiger partial charge in [0.15, 0.2) is 0 Å². The van der Waals surface area contributed by atoms with Crippen LogP contribution in [-0.2, 0) is 10.0 Å². The smallest absolute Gasteiger partial charge is 0.236 e. The van der Waals surface area contributed by atoms with Crippen LogP contribution in [0.5, 0.6) is 0 Å². The second kappa shape index (κ2) is 4.74. The van der Waals surface area contributed by atoms with Crippen LogP contribution in [0.2, 0.25) is 5.15 Å². The largest absolute Gasteiger partial charge is 0.240 e. The van der Waals surface area contributed by atoms with Crippen LogP contribution in [0.25, 0.3) is 10.9 Å². The van der Waals surface area contributed by atoms with Crippen LogP contribution < -0.4 is 4.72 Å². The first-order valence-corrected chi connectivity index (χ1v) is 7.99. The van der Waals surface area contributed by atoms with Crippen LogP contribution >= 0.6 is 11.6 Å². The highest BCUT2D eigenvalue weighted by Gasteiger charge is 2.24. The number of nitrogens with one attached hydrogen (secondary N) is 1. The SMILES string of the molecule is O=S(=O)(NC1CCC1)c1ccc2nc(Cl)ccc2c1. The van der Waals surface area contributed by atoms with Crippen molar-refractivity contribution in [3.63, 3.8) is 0 Å². The average molecular weight is 297 g/mol. The Morgan fingerprint density at radius 2 is 2.00 bits per heavy atom. The summed E-state index contributed by atoms with van der Waals surface area (Å²) in [5.74, 6) is 0. The zero-order valence-corrected chi connectivity index (χ0v) is 11.7. The summed E-state index contributed by atoms with van der Waals surface area (Å²) in [4.78, 5) is 4.41. The van der Waals surface area contributed by atoms with E-state index in [0.717, 1.165) is 24.6 Å². The van der Waals surface area contributed by atoms with Crippen LogP contribution in [0.1, 0.15) is 19.3 Å². The van der Waals surface area contributed by atoms with Gasteiger partial charge in [-0.05, 0) is 43.2 Å². The summed E-state index contributed by atoms with van der Waals surface area (Å²) in [6.45, 7) is 0. The molecule has 1 N–H and O–H groups in total. The van der Waals surface area contributed by atoms with E-state index in [1.807, 2.05) is 0 Å². The normalized spacial score (nSPS) is 16.5. The van der Waals surface area contributed by atoms with Gasteiger partial charge < -0.3 is 0 Å². The van der Waals surface area contributed by atoms with E-state index in [1.54, 1.807) is 30.3 Å². The standard InChI is InChI=1S/C13H13ClN2O2S/c14-13-7-4-9-8-11(5-6-12(9)15-13)19(17,18)16-10-2-1-3-10/h4-8,10,16H,1-3H2. The quantitative estimate of drug-likeness (QED) is 0.886. The molecule has 0 spiro atoms. The van der Waals surface area contributed by atoms with Crippen LogP contribution in [-0.4, -0.2) is 19.4 Å². The topological polar surface area (TPSA) is 59.1 Å². The molecule has 3 rings (SSSR count). The van der Waals surface area contributed by atoms with Crippen LogP contribution in [0.4, 0.5) is 0 Å². The zero-order valence-electron chi connectivity index (χ0n) is 10.1. The predicted octanol–water partition coefficient (Wildman–Crippen LogP) is 2.72. The second-order valence-electron chi connectivity index (χ2n) is 4.74. The van der Waals surface area contributed by atoms with E-state index < -0.39 is 10.0 Å². The Morgan fingerprint density at radius 3 is 2.68 bits per heavy atom. The molecule has 1 aromatic heterocycles. The van der Waals surface area contributed by atoms with Crippen molar-refractivity contribution < 1.29 is 8.42 Å². The predicted molar refractivity (Wildman–Crippen MR) is 74.7 cm³/mol. The van der Waals surface area contributed by atoms with Crippen molar-refractivity contribution in [1.82, 2.24) is 9.71 Å². The zero-order chi connectivity index (χ0) is 13.5. The molecule has 0 radical (unpaired) electrons. The third kappa shape index (κ3) is 2.59. The molecule has 19 heavy (non-hydrogen) atoms. The molecular formula is C13H13ClN2O2S. The summed E-state index contributed by atoms with van der Waals surface area (Å²) < 4.78 is 27.1. The summed E-state index contributed by atoms with van der Waals surface area (Å²) in [6.07, 6.45) is 2.93. The third-order valence-corrected chi connectivity index (χ3v) is 5.09. The molecule has 0 amide bonds. The van der Waals surface area contributed by atoms with Crippen molar-refractivity contribution in [2.24, 2.45) is 0 Å². The fourth-order valence-electron chi connectivity index (χ4n) is 2.06. The van der Waals surface area contributed by atoms with Gasteiger partial charge >= 0.3 is 0 Å². The van der Waals surface area contributed by atoms with Crippen LogP contribution in [0, 0.1) is 0 Å². The number of pyridine rings is 1. The van der Waals surface area contributed by atoms with Crippen LogP contribution in [0.15, 0.2) is 35.2 Å². The van der Waals surface area contributed by atoms with Crippen molar-refractivity contribution in [3.8, 4) is 0 Å². The van der Waals surface area contributed by atoms with Gasteiger partial charge in [-0.15, -0.1) is 0 Å². The lowest BCUT2D eigenvalue weighted by atomic mass is 9.94. The maximum absolute atomic E-state index is 12.2. The highest BCUT2D eigenvalue weighted by molar-refractivity contribution is 7.89. The van der Waals surface area contributed by atoms with E-state index in [1.165, 1.54) is 0 Å². The second-order valence-corrected chi connectivity index (χ2v) is 6.84. The molecule has 100 valence electrons. The number of aromatic nitrogens is 1. The first kappa shape index (κ1) is 12.8. The third-order valence-electron chi connectivity index (χ3n) is 3.36. The lowest BCUT2D eigenvalue weighted by Gasteiger charge is -2.26. The maximum atomic E-state index is 12.2. The molecule has 2 aromatic rings. The number of hydrogen-bond donors (Lipinski definition) is 1. The molecule has 0 saturated heterocycles. The summed E-state index contributed by atoms with van der Waals surface area (Å²) in [5.41, 5.74) is 0.690. The number of sulfonamides is 1. The first-order chi connectivity index (χ1) is 9.04. The Kier molecular flexibility index (Phi) is 3.20. The monoisotopic (exact) mass is 296 g/mol. The lowest BCUT2D eigenvalue weighted by Crippen LogP contribution is -2.39. The lowest BCUT2D eigenvalue weighted by molar-refractivity contribution is 0.383. The molecule has 1 fully saturated rings. The van der Waals surface area contributed by atoms with Gasteiger partial charge in [0.2, 0.25) is 10.0 Å². The Labute approximate surface area is 116 Å². The van der Waals surface area contributed by atoms with Gasteiger partial charge in [0.25, 0.3) is 0 Å². The molecule has 1 aliphatic carbocycles. The minimum Gasteiger partial charge on any atom is -0.236 e. The molecule has 0 bridgehead atoms.